The molecule has 0 aliphatic heterocycles. The Hall–Kier alpha value is -1.36. The number of primary amides is 1. The van der Waals surface area contributed by atoms with Gasteiger partial charge in [-0.05, 0) is 20.3 Å². The topological polar surface area (TPSA) is 80.9 Å². The zero-order valence-corrected chi connectivity index (χ0v) is 11.0. The molecule has 5 nitrogen and oxygen atoms in total. The summed E-state index contributed by atoms with van der Waals surface area (Å²) in [5.74, 6) is 0.291. The molecule has 1 amide bonds. The van der Waals surface area contributed by atoms with Gasteiger partial charge in [-0.2, -0.15) is 0 Å². The smallest absolute Gasteiger partial charge is 0.219 e. The maximum Gasteiger partial charge on any atom is 0.219 e. The third-order valence-corrected chi connectivity index (χ3v) is 2.65. The van der Waals surface area contributed by atoms with Crippen LogP contribution in [0.25, 0.3) is 0 Å². The Morgan fingerprint density at radius 2 is 2.18 bits per heavy atom. The average Bonchev–Trinajstić information content (AvgIpc) is 2.14. The Bertz CT molecular complexity index is 420. The standard InChI is InChI=1S/C11H17ClN4O/c1-4-7-9(12)14-6-15-10(7)16-11(2,3)5-8(13)17/h6H,4-5H2,1-3H3,(H2,13,17)(H,14,15,16). The fourth-order valence-electron chi connectivity index (χ4n) is 1.61. The summed E-state index contributed by atoms with van der Waals surface area (Å²) in [6.45, 7) is 5.73. The number of anilines is 1. The molecule has 0 aromatic carbocycles. The molecule has 1 aromatic heterocycles. The van der Waals surface area contributed by atoms with Crippen LogP contribution in [0.15, 0.2) is 6.33 Å². The van der Waals surface area contributed by atoms with E-state index >= 15 is 0 Å². The van der Waals surface area contributed by atoms with Crippen molar-refractivity contribution in [3.63, 3.8) is 0 Å². The Morgan fingerprint density at radius 3 is 2.71 bits per heavy atom. The largest absolute Gasteiger partial charge is 0.370 e. The zero-order chi connectivity index (χ0) is 13.1. The first-order chi connectivity index (χ1) is 7.85. The summed E-state index contributed by atoms with van der Waals surface area (Å²) >= 11 is 5.98. The zero-order valence-electron chi connectivity index (χ0n) is 10.2. The van der Waals surface area contributed by atoms with Gasteiger partial charge in [-0.15, -0.1) is 0 Å². The number of carbonyl (C=O) groups excluding carboxylic acids is 1. The van der Waals surface area contributed by atoms with Gasteiger partial charge in [0.2, 0.25) is 5.91 Å². The van der Waals surface area contributed by atoms with Crippen molar-refractivity contribution in [1.82, 2.24) is 9.97 Å². The highest BCUT2D eigenvalue weighted by atomic mass is 35.5. The van der Waals surface area contributed by atoms with E-state index < -0.39 is 5.54 Å². The molecule has 94 valence electrons. The van der Waals surface area contributed by atoms with E-state index in [0.717, 1.165) is 5.56 Å². The van der Waals surface area contributed by atoms with Crippen LogP contribution < -0.4 is 11.1 Å². The summed E-state index contributed by atoms with van der Waals surface area (Å²) in [6, 6.07) is 0. The fourth-order valence-corrected chi connectivity index (χ4v) is 1.88. The second kappa shape index (κ2) is 5.31. The van der Waals surface area contributed by atoms with Crippen molar-refractivity contribution in [2.45, 2.75) is 39.2 Å². The van der Waals surface area contributed by atoms with Crippen LogP contribution in [0.4, 0.5) is 5.82 Å². The van der Waals surface area contributed by atoms with Gasteiger partial charge in [0.1, 0.15) is 17.3 Å². The van der Waals surface area contributed by atoms with E-state index in [1.807, 2.05) is 20.8 Å². The summed E-state index contributed by atoms with van der Waals surface area (Å²) < 4.78 is 0. The summed E-state index contributed by atoms with van der Waals surface area (Å²) in [5.41, 5.74) is 5.57. The lowest BCUT2D eigenvalue weighted by atomic mass is 10.00. The number of hydrogen-bond donors (Lipinski definition) is 2. The molecule has 6 heteroatoms. The highest BCUT2D eigenvalue weighted by Crippen LogP contribution is 2.24. The summed E-state index contributed by atoms with van der Waals surface area (Å²) in [5, 5.41) is 3.60. The van der Waals surface area contributed by atoms with Gasteiger partial charge in [-0.25, -0.2) is 9.97 Å². The number of nitrogens with two attached hydrogens (primary N) is 1. The highest BCUT2D eigenvalue weighted by Gasteiger charge is 2.22. The summed E-state index contributed by atoms with van der Waals surface area (Å²) in [4.78, 5) is 19.0. The van der Waals surface area contributed by atoms with E-state index in [4.69, 9.17) is 17.3 Å². The number of rotatable bonds is 5. The van der Waals surface area contributed by atoms with Crippen LogP contribution in [0.1, 0.15) is 32.8 Å². The number of nitrogens with one attached hydrogen (secondary N) is 1. The second-order valence-corrected chi connectivity index (χ2v) is 4.86. The first kappa shape index (κ1) is 13.7. The van der Waals surface area contributed by atoms with Gasteiger partial charge in [0, 0.05) is 17.5 Å². The van der Waals surface area contributed by atoms with Crippen LogP contribution in [0.2, 0.25) is 5.15 Å². The summed E-state index contributed by atoms with van der Waals surface area (Å²) in [6.07, 6.45) is 2.33. The third kappa shape index (κ3) is 3.85. The lowest BCUT2D eigenvalue weighted by molar-refractivity contribution is -0.118. The van der Waals surface area contributed by atoms with Crippen LogP contribution in [0.5, 0.6) is 0 Å². The van der Waals surface area contributed by atoms with E-state index in [0.29, 0.717) is 17.4 Å². The molecule has 0 atom stereocenters. The molecule has 17 heavy (non-hydrogen) atoms. The van der Waals surface area contributed by atoms with Crippen molar-refractivity contribution in [2.24, 2.45) is 5.73 Å². The Balaban J connectivity index is 2.94. The molecule has 0 aliphatic carbocycles. The predicted molar refractivity (Wildman–Crippen MR) is 67.9 cm³/mol. The molecule has 0 unspecified atom stereocenters. The number of hydrogen-bond acceptors (Lipinski definition) is 4. The molecule has 0 fully saturated rings. The molecule has 0 saturated carbocycles. The Labute approximate surface area is 106 Å². The Kier molecular flexibility index (Phi) is 4.28. The molecule has 0 saturated heterocycles. The molecular formula is C11H17ClN4O. The lowest BCUT2D eigenvalue weighted by Crippen LogP contribution is -2.36. The maximum absolute atomic E-state index is 10.9. The minimum Gasteiger partial charge on any atom is -0.370 e. The number of aromatic nitrogens is 2. The first-order valence-electron chi connectivity index (χ1n) is 5.41. The van der Waals surface area contributed by atoms with Gasteiger partial charge in [0.05, 0.1) is 0 Å². The van der Waals surface area contributed by atoms with E-state index in [-0.39, 0.29) is 12.3 Å². The molecule has 1 aromatic rings. The van der Waals surface area contributed by atoms with E-state index in [1.165, 1.54) is 6.33 Å². The minimum absolute atomic E-state index is 0.220. The summed E-state index contributed by atoms with van der Waals surface area (Å²) in [7, 11) is 0. The number of amides is 1. The molecule has 1 heterocycles. The molecule has 3 N–H and O–H groups in total. The number of halogens is 1. The van der Waals surface area contributed by atoms with E-state index in [1.54, 1.807) is 0 Å². The van der Waals surface area contributed by atoms with Crippen LogP contribution in [-0.4, -0.2) is 21.4 Å². The van der Waals surface area contributed by atoms with Crippen molar-refractivity contribution in [2.75, 3.05) is 5.32 Å². The monoisotopic (exact) mass is 256 g/mol. The van der Waals surface area contributed by atoms with Crippen LogP contribution in [0, 0.1) is 0 Å². The quantitative estimate of drug-likeness (QED) is 0.787. The normalized spacial score (nSPS) is 11.3. The third-order valence-electron chi connectivity index (χ3n) is 2.32. The molecule has 0 aliphatic rings. The SMILES string of the molecule is CCc1c(Cl)ncnc1NC(C)(C)CC(N)=O. The fraction of sp³-hybridized carbons (Fsp3) is 0.545. The minimum atomic E-state index is -0.465. The lowest BCUT2D eigenvalue weighted by Gasteiger charge is -2.26. The first-order valence-corrected chi connectivity index (χ1v) is 5.79. The number of carbonyl (C=O) groups is 1. The van der Waals surface area contributed by atoms with Gasteiger partial charge in [0.25, 0.3) is 0 Å². The van der Waals surface area contributed by atoms with Gasteiger partial charge in [-0.1, -0.05) is 18.5 Å². The molecule has 0 bridgehead atoms. The van der Waals surface area contributed by atoms with Crippen LogP contribution in [-0.2, 0) is 11.2 Å². The highest BCUT2D eigenvalue weighted by molar-refractivity contribution is 6.30. The van der Waals surface area contributed by atoms with Crippen molar-refractivity contribution < 1.29 is 4.79 Å². The van der Waals surface area contributed by atoms with Crippen molar-refractivity contribution >= 4 is 23.3 Å². The van der Waals surface area contributed by atoms with E-state index in [9.17, 15) is 4.79 Å². The van der Waals surface area contributed by atoms with Gasteiger partial charge >= 0.3 is 0 Å². The molecule has 0 radical (unpaired) electrons. The van der Waals surface area contributed by atoms with Crippen LogP contribution >= 0.6 is 11.6 Å². The number of nitrogens with zero attached hydrogens (tertiary/aromatic N) is 2. The predicted octanol–water partition coefficient (Wildman–Crippen LogP) is 1.76. The van der Waals surface area contributed by atoms with Gasteiger partial charge in [-0.3, -0.25) is 4.79 Å². The van der Waals surface area contributed by atoms with Crippen LogP contribution in [0.3, 0.4) is 0 Å². The van der Waals surface area contributed by atoms with Crippen molar-refractivity contribution in [1.29, 1.82) is 0 Å². The molecular weight excluding hydrogens is 240 g/mol. The Morgan fingerprint density at radius 1 is 1.53 bits per heavy atom. The molecule has 0 spiro atoms. The van der Waals surface area contributed by atoms with Gasteiger partial charge < -0.3 is 11.1 Å². The average molecular weight is 257 g/mol. The van der Waals surface area contributed by atoms with E-state index in [2.05, 4.69) is 15.3 Å². The van der Waals surface area contributed by atoms with Crippen molar-refractivity contribution in [3.8, 4) is 0 Å². The van der Waals surface area contributed by atoms with Crippen molar-refractivity contribution in [3.05, 3.63) is 17.0 Å². The van der Waals surface area contributed by atoms with Gasteiger partial charge in [0.15, 0.2) is 0 Å². The maximum atomic E-state index is 10.9. The molecule has 1 rings (SSSR count). The second-order valence-electron chi connectivity index (χ2n) is 4.50.